The van der Waals surface area contributed by atoms with Crippen LogP contribution in [-0.4, -0.2) is 33.0 Å². The second-order valence-electron chi connectivity index (χ2n) is 5.56. The van der Waals surface area contributed by atoms with Gasteiger partial charge >= 0.3 is 0 Å². The summed E-state index contributed by atoms with van der Waals surface area (Å²) in [5.41, 5.74) is 2.84. The molecule has 0 atom stereocenters. The molecule has 1 heterocycles. The molecule has 7 heteroatoms. The van der Waals surface area contributed by atoms with Crippen LogP contribution in [0.3, 0.4) is 0 Å². The van der Waals surface area contributed by atoms with Crippen molar-refractivity contribution in [1.29, 1.82) is 0 Å². The van der Waals surface area contributed by atoms with E-state index in [1.54, 1.807) is 23.7 Å². The average molecular weight is 373 g/mol. The summed E-state index contributed by atoms with van der Waals surface area (Å²) in [5, 5.41) is 8.10. The molecule has 3 aromatic rings. The SMILES string of the molecule is CN(Cc1ccc(Cl)cc1)C(=O)c1ccc(CSc2ncn[nH]2)cc1. The molecule has 1 aromatic heterocycles. The van der Waals surface area contributed by atoms with E-state index in [1.165, 1.54) is 6.33 Å². The zero-order valence-corrected chi connectivity index (χ0v) is 15.2. The fourth-order valence-corrected chi connectivity index (χ4v) is 3.18. The summed E-state index contributed by atoms with van der Waals surface area (Å²) < 4.78 is 0. The van der Waals surface area contributed by atoms with Crippen LogP contribution in [0.5, 0.6) is 0 Å². The monoisotopic (exact) mass is 372 g/mol. The number of aromatic amines is 1. The van der Waals surface area contributed by atoms with Crippen LogP contribution in [0.15, 0.2) is 60.0 Å². The van der Waals surface area contributed by atoms with Crippen molar-refractivity contribution in [2.24, 2.45) is 0 Å². The molecular weight excluding hydrogens is 356 g/mol. The maximum Gasteiger partial charge on any atom is 0.253 e. The van der Waals surface area contributed by atoms with Gasteiger partial charge in [0.05, 0.1) is 0 Å². The molecule has 0 saturated heterocycles. The molecule has 5 nitrogen and oxygen atoms in total. The third kappa shape index (κ3) is 4.84. The number of carbonyl (C=O) groups excluding carboxylic acids is 1. The second-order valence-corrected chi connectivity index (χ2v) is 6.96. The first-order chi connectivity index (χ1) is 12.1. The van der Waals surface area contributed by atoms with Crippen LogP contribution in [-0.2, 0) is 12.3 Å². The summed E-state index contributed by atoms with van der Waals surface area (Å²) in [6.45, 7) is 0.541. The third-order valence-corrected chi connectivity index (χ3v) is 4.85. The van der Waals surface area contributed by atoms with E-state index in [2.05, 4.69) is 15.2 Å². The number of thioether (sulfide) groups is 1. The van der Waals surface area contributed by atoms with Gasteiger partial charge < -0.3 is 4.90 Å². The fourth-order valence-electron chi connectivity index (χ4n) is 2.31. The molecule has 2 aromatic carbocycles. The molecule has 0 saturated carbocycles. The van der Waals surface area contributed by atoms with Gasteiger partial charge in [0.15, 0.2) is 5.16 Å². The lowest BCUT2D eigenvalue weighted by molar-refractivity contribution is 0.0785. The molecule has 1 N–H and O–H groups in total. The van der Waals surface area contributed by atoms with Crippen molar-refractivity contribution in [3.63, 3.8) is 0 Å². The molecule has 0 spiro atoms. The van der Waals surface area contributed by atoms with Crippen LogP contribution in [0.1, 0.15) is 21.5 Å². The van der Waals surface area contributed by atoms with Gasteiger partial charge in [-0.15, -0.1) is 0 Å². The Kier molecular flexibility index (Phi) is 5.73. The van der Waals surface area contributed by atoms with Gasteiger partial charge in [0.1, 0.15) is 6.33 Å². The number of benzene rings is 2. The standard InChI is InChI=1S/C18H17ClN4OS/c1-23(10-13-4-8-16(19)9-5-13)17(24)15-6-2-14(3-7-15)11-25-18-20-12-21-22-18/h2-9,12H,10-11H2,1H3,(H,20,21,22). The predicted molar refractivity (Wildman–Crippen MR) is 99.6 cm³/mol. The van der Waals surface area contributed by atoms with E-state index in [1.807, 2.05) is 48.5 Å². The van der Waals surface area contributed by atoms with E-state index < -0.39 is 0 Å². The van der Waals surface area contributed by atoms with E-state index in [0.717, 1.165) is 22.0 Å². The minimum absolute atomic E-state index is 0.00983. The fraction of sp³-hybridized carbons (Fsp3) is 0.167. The summed E-state index contributed by atoms with van der Waals surface area (Å²) in [5.74, 6) is 0.758. The van der Waals surface area contributed by atoms with Gasteiger partial charge in [-0.2, -0.15) is 5.10 Å². The topological polar surface area (TPSA) is 61.9 Å². The Morgan fingerprint density at radius 1 is 1.12 bits per heavy atom. The smallest absolute Gasteiger partial charge is 0.253 e. The van der Waals surface area contributed by atoms with Gasteiger partial charge in [-0.1, -0.05) is 47.6 Å². The van der Waals surface area contributed by atoms with Gasteiger partial charge in [0.25, 0.3) is 5.91 Å². The van der Waals surface area contributed by atoms with E-state index in [4.69, 9.17) is 11.6 Å². The van der Waals surface area contributed by atoms with Crippen molar-refractivity contribution in [1.82, 2.24) is 20.1 Å². The first-order valence-electron chi connectivity index (χ1n) is 7.69. The van der Waals surface area contributed by atoms with Crippen LogP contribution in [0, 0.1) is 0 Å². The molecule has 25 heavy (non-hydrogen) atoms. The Balaban J connectivity index is 1.58. The highest BCUT2D eigenvalue weighted by atomic mass is 35.5. The highest BCUT2D eigenvalue weighted by Gasteiger charge is 2.12. The number of amides is 1. The Labute approximate surface area is 155 Å². The molecule has 0 radical (unpaired) electrons. The van der Waals surface area contributed by atoms with Crippen LogP contribution < -0.4 is 0 Å². The quantitative estimate of drug-likeness (QED) is 0.664. The Morgan fingerprint density at radius 2 is 1.80 bits per heavy atom. The molecule has 0 bridgehead atoms. The number of nitrogens with one attached hydrogen (secondary N) is 1. The van der Waals surface area contributed by atoms with Crippen molar-refractivity contribution in [3.8, 4) is 0 Å². The Bertz CT molecular complexity index is 819. The molecule has 128 valence electrons. The zero-order valence-electron chi connectivity index (χ0n) is 13.6. The first-order valence-corrected chi connectivity index (χ1v) is 9.05. The van der Waals surface area contributed by atoms with Gasteiger partial charge in [-0.25, -0.2) is 4.98 Å². The van der Waals surface area contributed by atoms with Gasteiger partial charge in [0.2, 0.25) is 0 Å². The van der Waals surface area contributed by atoms with E-state index in [-0.39, 0.29) is 5.91 Å². The largest absolute Gasteiger partial charge is 0.337 e. The van der Waals surface area contributed by atoms with Crippen LogP contribution in [0.2, 0.25) is 5.02 Å². The van der Waals surface area contributed by atoms with Crippen molar-refractivity contribution in [2.45, 2.75) is 17.5 Å². The van der Waals surface area contributed by atoms with E-state index in [0.29, 0.717) is 17.1 Å². The van der Waals surface area contributed by atoms with Gasteiger partial charge in [-0.3, -0.25) is 9.89 Å². The molecule has 1 amide bonds. The molecule has 3 rings (SSSR count). The molecular formula is C18H17ClN4OS. The Morgan fingerprint density at radius 3 is 2.44 bits per heavy atom. The lowest BCUT2D eigenvalue weighted by Crippen LogP contribution is -2.26. The number of rotatable bonds is 6. The molecule has 0 aliphatic carbocycles. The lowest BCUT2D eigenvalue weighted by Gasteiger charge is -2.17. The van der Waals surface area contributed by atoms with E-state index in [9.17, 15) is 4.79 Å². The number of hydrogen-bond acceptors (Lipinski definition) is 4. The zero-order chi connectivity index (χ0) is 17.6. The van der Waals surface area contributed by atoms with E-state index >= 15 is 0 Å². The van der Waals surface area contributed by atoms with Crippen molar-refractivity contribution in [3.05, 3.63) is 76.6 Å². The maximum atomic E-state index is 12.5. The normalized spacial score (nSPS) is 10.6. The third-order valence-electron chi connectivity index (χ3n) is 3.65. The lowest BCUT2D eigenvalue weighted by atomic mass is 10.1. The minimum atomic E-state index is -0.00983. The predicted octanol–water partition coefficient (Wildman–Crippen LogP) is 4.02. The Hall–Kier alpha value is -2.31. The first kappa shape index (κ1) is 17.5. The summed E-state index contributed by atoms with van der Waals surface area (Å²) in [7, 11) is 1.80. The summed E-state index contributed by atoms with van der Waals surface area (Å²) in [4.78, 5) is 18.3. The van der Waals surface area contributed by atoms with Crippen molar-refractivity contribution < 1.29 is 4.79 Å². The van der Waals surface area contributed by atoms with Crippen LogP contribution >= 0.6 is 23.4 Å². The molecule has 0 aliphatic heterocycles. The summed E-state index contributed by atoms with van der Waals surface area (Å²) >= 11 is 7.46. The second kappa shape index (κ2) is 8.18. The van der Waals surface area contributed by atoms with Crippen LogP contribution in [0.4, 0.5) is 0 Å². The molecule has 0 unspecified atom stereocenters. The summed E-state index contributed by atoms with van der Waals surface area (Å²) in [6.07, 6.45) is 1.49. The van der Waals surface area contributed by atoms with Crippen molar-refractivity contribution >= 4 is 29.3 Å². The average Bonchev–Trinajstić information content (AvgIpc) is 3.15. The molecule has 0 fully saturated rings. The number of aromatic nitrogens is 3. The minimum Gasteiger partial charge on any atom is -0.337 e. The number of nitrogens with zero attached hydrogens (tertiary/aromatic N) is 3. The number of halogens is 1. The van der Waals surface area contributed by atoms with Gasteiger partial charge in [-0.05, 0) is 35.4 Å². The number of hydrogen-bond donors (Lipinski definition) is 1. The summed E-state index contributed by atoms with van der Waals surface area (Å²) in [6, 6.07) is 15.2. The number of carbonyl (C=O) groups is 1. The van der Waals surface area contributed by atoms with Gasteiger partial charge in [0, 0.05) is 29.9 Å². The highest BCUT2D eigenvalue weighted by Crippen LogP contribution is 2.19. The molecule has 0 aliphatic rings. The highest BCUT2D eigenvalue weighted by molar-refractivity contribution is 7.98. The van der Waals surface area contributed by atoms with Crippen LogP contribution in [0.25, 0.3) is 0 Å². The number of H-pyrrole nitrogens is 1. The maximum absolute atomic E-state index is 12.5. The van der Waals surface area contributed by atoms with Crippen molar-refractivity contribution in [2.75, 3.05) is 7.05 Å².